The van der Waals surface area contributed by atoms with E-state index in [4.69, 9.17) is 17.3 Å². The fourth-order valence-electron chi connectivity index (χ4n) is 2.83. The van der Waals surface area contributed by atoms with Gasteiger partial charge in [-0.25, -0.2) is 9.37 Å². The van der Waals surface area contributed by atoms with E-state index in [1.54, 1.807) is 11.0 Å². The molecule has 0 fully saturated rings. The summed E-state index contributed by atoms with van der Waals surface area (Å²) in [6, 6.07) is 4.36. The summed E-state index contributed by atoms with van der Waals surface area (Å²) >= 11 is 7.47. The molecule has 1 aromatic carbocycles. The number of thiazole rings is 1. The maximum Gasteiger partial charge on any atom is 0.270 e. The number of nitrogens with two attached hydrogens (primary N) is 1. The van der Waals surface area contributed by atoms with Gasteiger partial charge >= 0.3 is 0 Å². The molecule has 23 heavy (non-hydrogen) atoms. The van der Waals surface area contributed by atoms with Gasteiger partial charge in [0.2, 0.25) is 0 Å². The highest BCUT2D eigenvalue weighted by Gasteiger charge is 2.26. The molecule has 8 heteroatoms. The van der Waals surface area contributed by atoms with Crippen molar-refractivity contribution in [2.75, 3.05) is 12.3 Å². The Bertz CT molecular complexity index is 896. The van der Waals surface area contributed by atoms with E-state index in [1.165, 1.54) is 23.5 Å². The van der Waals surface area contributed by atoms with Crippen LogP contribution in [0.2, 0.25) is 5.02 Å². The molecule has 0 saturated carbocycles. The Morgan fingerprint density at radius 2 is 2.30 bits per heavy atom. The monoisotopic (exact) mass is 350 g/mol. The van der Waals surface area contributed by atoms with Crippen molar-refractivity contribution in [1.82, 2.24) is 14.9 Å². The third-order valence-electron chi connectivity index (χ3n) is 3.96. The number of nitrogen functional groups attached to an aromatic ring is 1. The molecule has 3 heterocycles. The van der Waals surface area contributed by atoms with Crippen LogP contribution >= 0.6 is 22.9 Å². The molecule has 1 aliphatic heterocycles. The highest BCUT2D eigenvalue weighted by Crippen LogP contribution is 2.29. The number of benzene rings is 1. The van der Waals surface area contributed by atoms with E-state index in [9.17, 15) is 9.18 Å². The molecular weight excluding hydrogens is 339 g/mol. The Hall–Kier alpha value is -2.12. The second-order valence-corrected chi connectivity index (χ2v) is 6.92. The number of amides is 1. The lowest BCUT2D eigenvalue weighted by molar-refractivity contribution is 0.0731. The third kappa shape index (κ3) is 2.36. The summed E-state index contributed by atoms with van der Waals surface area (Å²) in [6.45, 7) is 1.02. The number of hydrogen-bond donors (Lipinski definition) is 2. The molecule has 3 N–H and O–H groups in total. The SMILES string of the molecule is Nc1nc2c(s1)CN(C(=O)c1cc3c(Cl)ccc(F)c3[nH]1)CC2. The van der Waals surface area contributed by atoms with Crippen LogP contribution in [-0.4, -0.2) is 27.3 Å². The summed E-state index contributed by atoms with van der Waals surface area (Å²) in [5.41, 5.74) is 7.25. The van der Waals surface area contributed by atoms with Gasteiger partial charge in [0.15, 0.2) is 5.13 Å². The molecule has 118 valence electrons. The summed E-state index contributed by atoms with van der Waals surface area (Å²) < 4.78 is 13.8. The number of nitrogens with one attached hydrogen (secondary N) is 1. The third-order valence-corrected chi connectivity index (χ3v) is 5.20. The minimum atomic E-state index is -0.431. The Balaban J connectivity index is 1.67. The molecule has 5 nitrogen and oxygen atoms in total. The quantitative estimate of drug-likeness (QED) is 0.707. The van der Waals surface area contributed by atoms with Crippen molar-refractivity contribution in [3.05, 3.63) is 45.3 Å². The summed E-state index contributed by atoms with van der Waals surface area (Å²) in [6.07, 6.45) is 0.671. The molecule has 1 aliphatic rings. The minimum Gasteiger partial charge on any atom is -0.375 e. The normalized spacial score (nSPS) is 14.3. The first-order chi connectivity index (χ1) is 11.0. The second-order valence-electron chi connectivity index (χ2n) is 5.40. The number of nitrogens with zero attached hydrogens (tertiary/aromatic N) is 2. The molecule has 0 unspecified atom stereocenters. The lowest BCUT2D eigenvalue weighted by Gasteiger charge is -2.25. The predicted molar refractivity (Wildman–Crippen MR) is 88.2 cm³/mol. The highest BCUT2D eigenvalue weighted by molar-refractivity contribution is 7.15. The first-order valence-corrected chi connectivity index (χ1v) is 8.22. The molecule has 0 atom stereocenters. The Labute approximate surface area is 139 Å². The maximum absolute atomic E-state index is 13.8. The number of rotatable bonds is 1. The lowest BCUT2D eigenvalue weighted by Crippen LogP contribution is -2.35. The number of carbonyl (C=O) groups excluding carboxylic acids is 1. The van der Waals surface area contributed by atoms with Crippen LogP contribution in [0.5, 0.6) is 0 Å². The van der Waals surface area contributed by atoms with Gasteiger partial charge in [0.1, 0.15) is 11.5 Å². The van der Waals surface area contributed by atoms with Gasteiger partial charge in [-0.05, 0) is 18.2 Å². The fraction of sp³-hybridized carbons (Fsp3) is 0.200. The molecule has 0 saturated heterocycles. The van der Waals surface area contributed by atoms with Gasteiger partial charge in [0.05, 0.1) is 22.8 Å². The summed E-state index contributed by atoms with van der Waals surface area (Å²) in [5.74, 6) is -0.617. The molecule has 1 amide bonds. The lowest BCUT2D eigenvalue weighted by atomic mass is 10.1. The largest absolute Gasteiger partial charge is 0.375 e. The number of hydrogen-bond acceptors (Lipinski definition) is 4. The minimum absolute atomic E-state index is 0.186. The van der Waals surface area contributed by atoms with Gasteiger partial charge in [-0.1, -0.05) is 11.6 Å². The highest BCUT2D eigenvalue weighted by atomic mass is 35.5. The van der Waals surface area contributed by atoms with Gasteiger partial charge < -0.3 is 15.6 Å². The van der Waals surface area contributed by atoms with E-state index in [-0.39, 0.29) is 11.4 Å². The molecule has 0 bridgehead atoms. The average Bonchev–Trinajstić information content (AvgIpc) is 3.13. The van der Waals surface area contributed by atoms with Gasteiger partial charge in [-0.15, -0.1) is 11.3 Å². The van der Waals surface area contributed by atoms with Crippen molar-refractivity contribution in [2.24, 2.45) is 0 Å². The van der Waals surface area contributed by atoms with E-state index in [2.05, 4.69) is 9.97 Å². The zero-order chi connectivity index (χ0) is 16.1. The Morgan fingerprint density at radius 3 is 3.09 bits per heavy atom. The van der Waals surface area contributed by atoms with E-state index in [0.717, 1.165) is 10.6 Å². The van der Waals surface area contributed by atoms with Gasteiger partial charge in [-0.2, -0.15) is 0 Å². The molecule has 3 aromatic rings. The topological polar surface area (TPSA) is 75.0 Å². The number of carbonyl (C=O) groups is 1. The summed E-state index contributed by atoms with van der Waals surface area (Å²) in [5, 5.41) is 1.44. The molecule has 0 radical (unpaired) electrons. The Kier molecular flexibility index (Phi) is 3.28. The standard InChI is InChI=1S/C15H12ClFN4OS/c16-8-1-2-9(17)13-7(8)5-11(19-13)14(22)21-4-3-10-12(6-21)23-15(18)20-10/h1-2,5,19H,3-4,6H2,(H2,18,20). The smallest absolute Gasteiger partial charge is 0.270 e. The van der Waals surface area contributed by atoms with Crippen LogP contribution in [0.25, 0.3) is 10.9 Å². The molecule has 4 rings (SSSR count). The zero-order valence-electron chi connectivity index (χ0n) is 11.9. The van der Waals surface area contributed by atoms with Crippen molar-refractivity contribution in [3.63, 3.8) is 0 Å². The number of anilines is 1. The van der Waals surface area contributed by atoms with E-state index in [1.807, 2.05) is 0 Å². The van der Waals surface area contributed by atoms with Crippen molar-refractivity contribution in [2.45, 2.75) is 13.0 Å². The summed E-state index contributed by atoms with van der Waals surface area (Å²) in [7, 11) is 0. The van der Waals surface area contributed by atoms with Crippen LogP contribution in [0.4, 0.5) is 9.52 Å². The van der Waals surface area contributed by atoms with Crippen molar-refractivity contribution < 1.29 is 9.18 Å². The van der Waals surface area contributed by atoms with E-state index in [0.29, 0.717) is 40.7 Å². The number of aromatic nitrogens is 2. The Morgan fingerprint density at radius 1 is 1.48 bits per heavy atom. The zero-order valence-corrected chi connectivity index (χ0v) is 13.5. The van der Waals surface area contributed by atoms with Crippen LogP contribution in [0.15, 0.2) is 18.2 Å². The van der Waals surface area contributed by atoms with Crippen LogP contribution in [-0.2, 0) is 13.0 Å². The average molecular weight is 351 g/mol. The van der Waals surface area contributed by atoms with Crippen molar-refractivity contribution in [1.29, 1.82) is 0 Å². The number of H-pyrrole nitrogens is 1. The van der Waals surface area contributed by atoms with Crippen LogP contribution in [0.1, 0.15) is 21.1 Å². The first kappa shape index (κ1) is 14.5. The van der Waals surface area contributed by atoms with Crippen LogP contribution in [0.3, 0.4) is 0 Å². The summed E-state index contributed by atoms with van der Waals surface area (Å²) in [4.78, 5) is 22.5. The molecular formula is C15H12ClFN4OS. The molecule has 0 aliphatic carbocycles. The second kappa shape index (κ2) is 5.21. The number of halogens is 2. The number of aromatic amines is 1. The van der Waals surface area contributed by atoms with Gasteiger partial charge in [0.25, 0.3) is 5.91 Å². The van der Waals surface area contributed by atoms with Crippen molar-refractivity contribution >= 4 is 44.9 Å². The first-order valence-electron chi connectivity index (χ1n) is 7.03. The van der Waals surface area contributed by atoms with Gasteiger partial charge in [0, 0.05) is 23.2 Å². The molecule has 2 aromatic heterocycles. The van der Waals surface area contributed by atoms with Crippen molar-refractivity contribution in [3.8, 4) is 0 Å². The van der Waals surface area contributed by atoms with Crippen LogP contribution in [0, 0.1) is 5.82 Å². The molecule has 0 spiro atoms. The van der Waals surface area contributed by atoms with E-state index < -0.39 is 5.82 Å². The maximum atomic E-state index is 13.8. The predicted octanol–water partition coefficient (Wildman–Crippen LogP) is 3.20. The number of fused-ring (bicyclic) bond motifs is 2. The fourth-order valence-corrected chi connectivity index (χ4v) is 3.93. The van der Waals surface area contributed by atoms with E-state index >= 15 is 0 Å². The van der Waals surface area contributed by atoms with Gasteiger partial charge in [-0.3, -0.25) is 4.79 Å². The van der Waals surface area contributed by atoms with Crippen LogP contribution < -0.4 is 5.73 Å².